The summed E-state index contributed by atoms with van der Waals surface area (Å²) in [4.78, 5) is 11.1. The van der Waals surface area contributed by atoms with Gasteiger partial charge >= 0.3 is 0 Å². The van der Waals surface area contributed by atoms with Gasteiger partial charge in [0, 0.05) is 19.9 Å². The Hall–Kier alpha value is -0.480. The van der Waals surface area contributed by atoms with Gasteiger partial charge in [0.25, 0.3) is 0 Å². The first-order valence-corrected chi connectivity index (χ1v) is 4.38. The number of carbonyl (C=O) groups excluding carboxylic acids is 1. The number of rotatable bonds is 3. The number of ether oxygens (including phenoxy) is 1. The van der Waals surface area contributed by atoms with Crippen molar-refractivity contribution in [3.63, 3.8) is 0 Å². The molecule has 0 fully saturated rings. The van der Waals surface area contributed by atoms with Crippen LogP contribution in [0.25, 0.3) is 0 Å². The van der Waals surface area contributed by atoms with Crippen LogP contribution in [0.2, 0.25) is 0 Å². The Morgan fingerprint density at radius 2 is 2.64 bits per heavy atom. The van der Waals surface area contributed by atoms with Crippen LogP contribution < -0.4 is 5.32 Å². The first kappa shape index (κ1) is 8.62. The zero-order valence-corrected chi connectivity index (χ0v) is 7.19. The first-order valence-electron chi connectivity index (χ1n) is 3.44. The van der Waals surface area contributed by atoms with Crippen LogP contribution in [0.4, 0.5) is 0 Å². The van der Waals surface area contributed by atoms with Crippen LogP contribution in [0.3, 0.4) is 0 Å². The third-order valence-electron chi connectivity index (χ3n) is 1.41. The molecule has 3 nitrogen and oxygen atoms in total. The molecule has 0 aliphatic carbocycles. The van der Waals surface area contributed by atoms with Crippen LogP contribution in [0.15, 0.2) is 11.6 Å². The fourth-order valence-corrected chi connectivity index (χ4v) is 1.59. The van der Waals surface area contributed by atoms with Gasteiger partial charge < -0.3 is 10.1 Å². The third kappa shape index (κ3) is 2.55. The third-order valence-corrected chi connectivity index (χ3v) is 2.48. The molecule has 1 N–H and O–H groups in total. The lowest BCUT2D eigenvalue weighted by Crippen LogP contribution is -2.31. The molecule has 0 aromatic rings. The summed E-state index contributed by atoms with van der Waals surface area (Å²) >= 11 is 1.54. The van der Waals surface area contributed by atoms with Gasteiger partial charge in [0.1, 0.15) is 0 Å². The van der Waals surface area contributed by atoms with Crippen molar-refractivity contribution < 1.29 is 9.53 Å². The maximum atomic E-state index is 11.1. The van der Waals surface area contributed by atoms with E-state index < -0.39 is 0 Å². The molecule has 11 heavy (non-hydrogen) atoms. The van der Waals surface area contributed by atoms with Crippen molar-refractivity contribution in [2.24, 2.45) is 0 Å². The maximum Gasteiger partial charge on any atom is 0.237 e. The van der Waals surface area contributed by atoms with Gasteiger partial charge in [-0.15, -0.1) is 11.8 Å². The van der Waals surface area contributed by atoms with Crippen molar-refractivity contribution in [1.82, 2.24) is 5.32 Å². The second-order valence-electron chi connectivity index (χ2n) is 2.22. The van der Waals surface area contributed by atoms with Gasteiger partial charge in [-0.1, -0.05) is 0 Å². The second kappa shape index (κ2) is 4.41. The zero-order chi connectivity index (χ0) is 8.10. The maximum absolute atomic E-state index is 11.1. The molecule has 0 aromatic heterocycles. The standard InChI is InChI=1S/C7H11NO2S/c1-10-4-2-6-7(9)8-3-5-11-6/h3,5-6H,2,4H2,1H3,(H,8,9)/t6-/m0/s1. The Morgan fingerprint density at radius 3 is 3.27 bits per heavy atom. The number of amides is 1. The summed E-state index contributed by atoms with van der Waals surface area (Å²) in [7, 11) is 1.64. The minimum absolute atomic E-state index is 0.0277. The fourth-order valence-electron chi connectivity index (χ4n) is 0.829. The average molecular weight is 173 g/mol. The van der Waals surface area contributed by atoms with Gasteiger partial charge in [-0.2, -0.15) is 0 Å². The molecule has 1 aliphatic heterocycles. The minimum atomic E-state index is 0.0277. The highest BCUT2D eigenvalue weighted by Gasteiger charge is 2.18. The molecule has 0 unspecified atom stereocenters. The lowest BCUT2D eigenvalue weighted by atomic mass is 10.3. The van der Waals surface area contributed by atoms with Crippen LogP contribution in [-0.4, -0.2) is 24.9 Å². The molecular formula is C7H11NO2S. The molecule has 1 atom stereocenters. The molecule has 4 heteroatoms. The van der Waals surface area contributed by atoms with Gasteiger partial charge in [-0.25, -0.2) is 0 Å². The van der Waals surface area contributed by atoms with Gasteiger partial charge in [0.2, 0.25) is 5.91 Å². The summed E-state index contributed by atoms with van der Waals surface area (Å²) in [6, 6.07) is 0. The van der Waals surface area contributed by atoms with E-state index in [4.69, 9.17) is 4.74 Å². The highest BCUT2D eigenvalue weighted by atomic mass is 32.2. The van der Waals surface area contributed by atoms with E-state index >= 15 is 0 Å². The molecule has 0 saturated heterocycles. The second-order valence-corrected chi connectivity index (χ2v) is 3.33. The minimum Gasteiger partial charge on any atom is -0.385 e. The van der Waals surface area contributed by atoms with Crippen LogP contribution in [-0.2, 0) is 9.53 Å². The molecule has 1 aliphatic rings. The predicted molar refractivity (Wildman–Crippen MR) is 45.2 cm³/mol. The molecule has 0 saturated carbocycles. The Bertz CT molecular complexity index is 170. The lowest BCUT2D eigenvalue weighted by molar-refractivity contribution is -0.120. The smallest absolute Gasteiger partial charge is 0.237 e. The Balaban J connectivity index is 2.32. The monoisotopic (exact) mass is 173 g/mol. The summed E-state index contributed by atoms with van der Waals surface area (Å²) in [6.07, 6.45) is 2.44. The van der Waals surface area contributed by atoms with Gasteiger partial charge in [-0.05, 0) is 11.8 Å². The number of hydrogen-bond donors (Lipinski definition) is 1. The summed E-state index contributed by atoms with van der Waals surface area (Å²) in [6.45, 7) is 0.638. The van der Waals surface area contributed by atoms with Crippen LogP contribution >= 0.6 is 11.8 Å². The van der Waals surface area contributed by atoms with E-state index in [9.17, 15) is 4.79 Å². The number of nitrogens with one attached hydrogen (secondary N) is 1. The van der Waals surface area contributed by atoms with Gasteiger partial charge in [0.05, 0.1) is 5.25 Å². The Kier molecular flexibility index (Phi) is 3.45. The quantitative estimate of drug-likeness (QED) is 0.683. The van der Waals surface area contributed by atoms with Gasteiger partial charge in [0.15, 0.2) is 0 Å². The summed E-state index contributed by atoms with van der Waals surface area (Å²) in [5.74, 6) is 0.0783. The molecule has 1 amide bonds. The largest absolute Gasteiger partial charge is 0.385 e. The van der Waals surface area contributed by atoms with Crippen LogP contribution in [0.5, 0.6) is 0 Å². The van der Waals surface area contributed by atoms with E-state index in [1.807, 2.05) is 5.41 Å². The fraction of sp³-hybridized carbons (Fsp3) is 0.571. The summed E-state index contributed by atoms with van der Waals surface area (Å²) < 4.78 is 4.88. The number of hydrogen-bond acceptors (Lipinski definition) is 3. The van der Waals surface area contributed by atoms with Crippen LogP contribution in [0.1, 0.15) is 6.42 Å². The Morgan fingerprint density at radius 1 is 1.82 bits per heavy atom. The van der Waals surface area contributed by atoms with Crippen molar-refractivity contribution in [3.8, 4) is 0 Å². The summed E-state index contributed by atoms with van der Waals surface area (Å²) in [5.41, 5.74) is 0. The molecular weight excluding hydrogens is 162 g/mol. The molecule has 1 heterocycles. The van der Waals surface area contributed by atoms with Crippen molar-refractivity contribution in [3.05, 3.63) is 11.6 Å². The zero-order valence-electron chi connectivity index (χ0n) is 6.37. The number of carbonyl (C=O) groups is 1. The molecule has 62 valence electrons. The molecule has 0 bridgehead atoms. The van der Waals surface area contributed by atoms with E-state index in [2.05, 4.69) is 5.32 Å². The van der Waals surface area contributed by atoms with E-state index in [-0.39, 0.29) is 11.2 Å². The van der Waals surface area contributed by atoms with Crippen molar-refractivity contribution >= 4 is 17.7 Å². The Labute approximate surface area is 70.2 Å². The highest BCUT2D eigenvalue weighted by Crippen LogP contribution is 2.18. The molecule has 0 aromatic carbocycles. The van der Waals surface area contributed by atoms with Crippen molar-refractivity contribution in [2.45, 2.75) is 11.7 Å². The first-order chi connectivity index (χ1) is 5.34. The predicted octanol–water partition coefficient (Wildman–Crippen LogP) is 0.726. The summed E-state index contributed by atoms with van der Waals surface area (Å²) in [5, 5.41) is 4.56. The normalized spacial score (nSPS) is 23.4. The highest BCUT2D eigenvalue weighted by molar-refractivity contribution is 8.03. The topological polar surface area (TPSA) is 38.3 Å². The number of thioether (sulfide) groups is 1. The van der Waals surface area contributed by atoms with E-state index in [1.165, 1.54) is 11.8 Å². The SMILES string of the molecule is COCC[C@@H]1SC=CNC1=O. The van der Waals surface area contributed by atoms with E-state index in [0.717, 1.165) is 6.42 Å². The van der Waals surface area contributed by atoms with Gasteiger partial charge in [-0.3, -0.25) is 4.79 Å². The van der Waals surface area contributed by atoms with Crippen molar-refractivity contribution in [1.29, 1.82) is 0 Å². The van der Waals surface area contributed by atoms with Crippen molar-refractivity contribution in [2.75, 3.05) is 13.7 Å². The van der Waals surface area contributed by atoms with E-state index in [0.29, 0.717) is 6.61 Å². The van der Waals surface area contributed by atoms with Crippen LogP contribution in [0, 0.1) is 0 Å². The molecule has 1 rings (SSSR count). The average Bonchev–Trinajstić information content (AvgIpc) is 2.03. The van der Waals surface area contributed by atoms with E-state index in [1.54, 1.807) is 13.3 Å². The lowest BCUT2D eigenvalue weighted by Gasteiger charge is -2.15. The molecule has 0 spiro atoms. The molecule has 0 radical (unpaired) electrons. The number of methoxy groups -OCH3 is 1.